The molecule has 0 aromatic heterocycles. The van der Waals surface area contributed by atoms with Crippen molar-refractivity contribution in [1.29, 1.82) is 0 Å². The molecule has 0 fully saturated rings. The second kappa shape index (κ2) is 8.91. The number of carboxylic acid groups (broad SMARTS) is 2. The van der Waals surface area contributed by atoms with Gasteiger partial charge < -0.3 is 10.2 Å². The first kappa shape index (κ1) is 14.6. The zero-order valence-electron chi connectivity index (χ0n) is 9.41. The Morgan fingerprint density at radius 1 is 0.824 bits per heavy atom. The monoisotopic (exact) mass is 234 g/mol. The second-order valence-electron chi connectivity index (χ2n) is 3.01. The molecule has 90 valence electrons. The first-order chi connectivity index (χ1) is 8.04. The lowest BCUT2D eigenvalue weighted by atomic mass is 10.3. The standard InChI is InChI=1S/C13H14O4/c1-11(13(16)17)9-7-5-3-2-4-6-8-10-12(14)15/h2-10H,1H3,(H,14,15)(H,16,17). The van der Waals surface area contributed by atoms with Gasteiger partial charge in [-0.25, -0.2) is 9.59 Å². The van der Waals surface area contributed by atoms with Crippen LogP contribution in [0.5, 0.6) is 0 Å². The van der Waals surface area contributed by atoms with E-state index in [0.29, 0.717) is 0 Å². The summed E-state index contributed by atoms with van der Waals surface area (Å²) < 4.78 is 0. The van der Waals surface area contributed by atoms with Crippen LogP contribution >= 0.6 is 0 Å². The van der Waals surface area contributed by atoms with Crippen LogP contribution in [0.15, 0.2) is 60.3 Å². The highest BCUT2D eigenvalue weighted by Gasteiger charge is 1.94. The van der Waals surface area contributed by atoms with E-state index in [1.165, 1.54) is 19.1 Å². The number of carbonyl (C=O) groups is 2. The van der Waals surface area contributed by atoms with Gasteiger partial charge in [-0.3, -0.25) is 0 Å². The average Bonchev–Trinajstić information content (AvgIpc) is 2.25. The van der Waals surface area contributed by atoms with Gasteiger partial charge in [0, 0.05) is 11.6 Å². The van der Waals surface area contributed by atoms with Gasteiger partial charge in [0.15, 0.2) is 0 Å². The van der Waals surface area contributed by atoms with Crippen LogP contribution < -0.4 is 0 Å². The predicted octanol–water partition coefficient (Wildman–Crippen LogP) is 2.33. The number of hydrogen-bond donors (Lipinski definition) is 2. The van der Waals surface area contributed by atoms with Crippen LogP contribution in [0.1, 0.15) is 6.92 Å². The molecule has 0 saturated heterocycles. The van der Waals surface area contributed by atoms with Crippen molar-refractivity contribution in [3.8, 4) is 0 Å². The Morgan fingerprint density at radius 2 is 1.29 bits per heavy atom. The summed E-state index contributed by atoms with van der Waals surface area (Å²) in [5.41, 5.74) is 0.259. The summed E-state index contributed by atoms with van der Waals surface area (Å²) >= 11 is 0. The van der Waals surface area contributed by atoms with Gasteiger partial charge >= 0.3 is 11.9 Å². The Hall–Kier alpha value is -2.36. The highest BCUT2D eigenvalue weighted by Crippen LogP contribution is 1.92. The van der Waals surface area contributed by atoms with Crippen molar-refractivity contribution >= 4 is 11.9 Å². The molecule has 0 atom stereocenters. The molecule has 17 heavy (non-hydrogen) atoms. The molecule has 0 saturated carbocycles. The first-order valence-corrected chi connectivity index (χ1v) is 4.85. The highest BCUT2D eigenvalue weighted by molar-refractivity contribution is 5.86. The van der Waals surface area contributed by atoms with Gasteiger partial charge in [-0.05, 0) is 6.92 Å². The fraction of sp³-hybridized carbons (Fsp3) is 0.0769. The number of carboxylic acids is 2. The minimum atomic E-state index is -0.993. The van der Waals surface area contributed by atoms with Gasteiger partial charge in [0.25, 0.3) is 0 Å². The normalized spacial score (nSPS) is 13.4. The van der Waals surface area contributed by atoms with Crippen molar-refractivity contribution in [2.45, 2.75) is 6.92 Å². The predicted molar refractivity (Wildman–Crippen MR) is 65.6 cm³/mol. The smallest absolute Gasteiger partial charge is 0.331 e. The van der Waals surface area contributed by atoms with Gasteiger partial charge in [-0.2, -0.15) is 0 Å². The summed E-state index contributed by atoms with van der Waals surface area (Å²) in [6.07, 6.45) is 13.9. The largest absolute Gasteiger partial charge is 0.478 e. The number of allylic oxidation sites excluding steroid dienone is 8. The van der Waals surface area contributed by atoms with Gasteiger partial charge in [-0.1, -0.05) is 48.6 Å². The average molecular weight is 234 g/mol. The summed E-state index contributed by atoms with van der Waals surface area (Å²) in [6.45, 7) is 1.51. The van der Waals surface area contributed by atoms with Crippen LogP contribution in [-0.2, 0) is 9.59 Å². The van der Waals surface area contributed by atoms with Crippen molar-refractivity contribution in [2.24, 2.45) is 0 Å². The van der Waals surface area contributed by atoms with E-state index >= 15 is 0 Å². The van der Waals surface area contributed by atoms with E-state index in [2.05, 4.69) is 0 Å². The van der Waals surface area contributed by atoms with E-state index in [0.717, 1.165) is 6.08 Å². The second-order valence-corrected chi connectivity index (χ2v) is 3.01. The topological polar surface area (TPSA) is 74.6 Å². The molecule has 0 bridgehead atoms. The van der Waals surface area contributed by atoms with Crippen molar-refractivity contribution in [1.82, 2.24) is 0 Å². The SMILES string of the molecule is CC(=CC=CC=CC=CC=CC(=O)O)C(=O)O. The number of hydrogen-bond acceptors (Lipinski definition) is 2. The number of rotatable bonds is 6. The zero-order valence-corrected chi connectivity index (χ0v) is 9.41. The van der Waals surface area contributed by atoms with Gasteiger partial charge in [-0.15, -0.1) is 0 Å². The van der Waals surface area contributed by atoms with Gasteiger partial charge in [0.1, 0.15) is 0 Å². The molecule has 0 rings (SSSR count). The summed E-state index contributed by atoms with van der Waals surface area (Å²) in [5.74, 6) is -1.94. The Morgan fingerprint density at radius 3 is 1.76 bits per heavy atom. The molecule has 0 heterocycles. The fourth-order valence-electron chi connectivity index (χ4n) is 0.730. The maximum absolute atomic E-state index is 10.4. The zero-order chi connectivity index (χ0) is 13.1. The maximum Gasteiger partial charge on any atom is 0.331 e. The van der Waals surface area contributed by atoms with Crippen molar-refractivity contribution in [3.63, 3.8) is 0 Å². The molecular weight excluding hydrogens is 220 g/mol. The van der Waals surface area contributed by atoms with Gasteiger partial charge in [0.05, 0.1) is 0 Å². The molecule has 0 radical (unpaired) electrons. The minimum Gasteiger partial charge on any atom is -0.478 e. The Kier molecular flexibility index (Phi) is 7.67. The molecule has 0 aliphatic rings. The van der Waals surface area contributed by atoms with E-state index in [-0.39, 0.29) is 5.57 Å². The fourth-order valence-corrected chi connectivity index (χ4v) is 0.730. The van der Waals surface area contributed by atoms with E-state index in [1.807, 2.05) is 0 Å². The van der Waals surface area contributed by atoms with Crippen LogP contribution in [0.2, 0.25) is 0 Å². The van der Waals surface area contributed by atoms with Crippen molar-refractivity contribution in [2.75, 3.05) is 0 Å². The van der Waals surface area contributed by atoms with E-state index in [4.69, 9.17) is 10.2 Å². The van der Waals surface area contributed by atoms with Crippen LogP contribution in [0.3, 0.4) is 0 Å². The molecule has 0 aromatic carbocycles. The Labute approximate surface area is 99.6 Å². The van der Waals surface area contributed by atoms with Crippen LogP contribution in [0.4, 0.5) is 0 Å². The molecule has 0 aliphatic heterocycles. The quantitative estimate of drug-likeness (QED) is 0.546. The van der Waals surface area contributed by atoms with E-state index < -0.39 is 11.9 Å². The van der Waals surface area contributed by atoms with Crippen molar-refractivity contribution in [3.05, 3.63) is 60.3 Å². The molecule has 2 N–H and O–H groups in total. The molecule has 0 aliphatic carbocycles. The molecule has 0 spiro atoms. The van der Waals surface area contributed by atoms with Crippen LogP contribution in [0.25, 0.3) is 0 Å². The third-order valence-electron chi connectivity index (χ3n) is 1.59. The molecule has 0 unspecified atom stereocenters. The number of aliphatic carboxylic acids is 2. The molecule has 4 nitrogen and oxygen atoms in total. The third-order valence-corrected chi connectivity index (χ3v) is 1.59. The lowest BCUT2D eigenvalue weighted by Gasteiger charge is -1.86. The third kappa shape index (κ3) is 9.93. The molecule has 4 heteroatoms. The summed E-state index contributed by atoms with van der Waals surface area (Å²) in [5, 5.41) is 16.8. The summed E-state index contributed by atoms with van der Waals surface area (Å²) in [6, 6.07) is 0. The molecule has 0 aromatic rings. The Bertz CT molecular complexity index is 409. The summed E-state index contributed by atoms with van der Waals surface area (Å²) in [7, 11) is 0. The summed E-state index contributed by atoms with van der Waals surface area (Å²) in [4.78, 5) is 20.5. The lowest BCUT2D eigenvalue weighted by molar-refractivity contribution is -0.133. The minimum absolute atomic E-state index is 0.259. The van der Waals surface area contributed by atoms with Crippen LogP contribution in [-0.4, -0.2) is 22.2 Å². The van der Waals surface area contributed by atoms with Crippen molar-refractivity contribution < 1.29 is 19.8 Å². The maximum atomic E-state index is 10.4. The van der Waals surface area contributed by atoms with E-state index in [9.17, 15) is 9.59 Å². The lowest BCUT2D eigenvalue weighted by Crippen LogP contribution is -1.94. The molecular formula is C13H14O4. The molecule has 0 amide bonds. The van der Waals surface area contributed by atoms with Gasteiger partial charge in [0.2, 0.25) is 0 Å². The Balaban J connectivity index is 4.05. The highest BCUT2D eigenvalue weighted by atomic mass is 16.4. The van der Waals surface area contributed by atoms with E-state index in [1.54, 1.807) is 36.5 Å². The first-order valence-electron chi connectivity index (χ1n) is 4.85. The van der Waals surface area contributed by atoms with Crippen LogP contribution in [0, 0.1) is 0 Å².